The van der Waals surface area contributed by atoms with Gasteiger partial charge in [0.15, 0.2) is 17.5 Å². The van der Waals surface area contributed by atoms with Crippen LogP contribution in [-0.2, 0) is 17.8 Å². The highest BCUT2D eigenvalue weighted by Gasteiger charge is 2.13. The van der Waals surface area contributed by atoms with E-state index in [-0.39, 0.29) is 5.69 Å². The number of nitro benzene ring substituents is 1. The number of hydrogen-bond acceptors (Lipinski definition) is 6. The third kappa shape index (κ3) is 6.85. The fourth-order valence-electron chi connectivity index (χ4n) is 2.99. The maximum absolute atomic E-state index is 10.8. The number of guanidine groups is 1. The van der Waals surface area contributed by atoms with E-state index in [1.54, 1.807) is 33.5 Å². The number of nitro groups is 1. The Labute approximate surface area is 182 Å². The maximum Gasteiger partial charge on any atom is 0.269 e. The summed E-state index contributed by atoms with van der Waals surface area (Å²) in [6, 6.07) is 10.3. The molecule has 168 valence electrons. The summed E-state index contributed by atoms with van der Waals surface area (Å²) in [6.45, 7) is 4.16. The Morgan fingerprint density at radius 1 is 1.13 bits per heavy atom. The highest BCUT2D eigenvalue weighted by atomic mass is 16.6. The van der Waals surface area contributed by atoms with Gasteiger partial charge in [0, 0.05) is 39.4 Å². The van der Waals surface area contributed by atoms with Crippen LogP contribution < -0.4 is 14.8 Å². The predicted octanol–water partition coefficient (Wildman–Crippen LogP) is 3.14. The van der Waals surface area contributed by atoms with Crippen molar-refractivity contribution in [1.82, 2.24) is 10.2 Å². The molecule has 0 heterocycles. The lowest BCUT2D eigenvalue weighted by Gasteiger charge is -2.24. The average molecular weight is 431 g/mol. The Kier molecular flexibility index (Phi) is 9.08. The van der Waals surface area contributed by atoms with Gasteiger partial charge in [0.1, 0.15) is 0 Å². The molecular weight excluding hydrogens is 400 g/mol. The van der Waals surface area contributed by atoms with Crippen LogP contribution in [0.25, 0.3) is 0 Å². The summed E-state index contributed by atoms with van der Waals surface area (Å²) in [7, 11) is 6.83. The minimum atomic E-state index is -0.413. The second-order valence-electron chi connectivity index (χ2n) is 6.97. The molecule has 0 spiro atoms. The van der Waals surface area contributed by atoms with Crippen molar-refractivity contribution in [2.24, 2.45) is 4.99 Å². The molecule has 31 heavy (non-hydrogen) atoms. The predicted molar refractivity (Wildman–Crippen MR) is 120 cm³/mol. The van der Waals surface area contributed by atoms with Crippen molar-refractivity contribution in [3.63, 3.8) is 0 Å². The van der Waals surface area contributed by atoms with Gasteiger partial charge in [0.05, 0.1) is 32.3 Å². The van der Waals surface area contributed by atoms with Crippen LogP contribution in [0.15, 0.2) is 41.4 Å². The third-order valence-electron chi connectivity index (χ3n) is 4.76. The molecule has 0 saturated heterocycles. The lowest BCUT2D eigenvalue weighted by Crippen LogP contribution is -2.40. The highest BCUT2D eigenvalue weighted by Crippen LogP contribution is 2.30. The molecule has 1 N–H and O–H groups in total. The molecule has 2 aromatic carbocycles. The topological polar surface area (TPSA) is 98.5 Å². The lowest BCUT2D eigenvalue weighted by atomic mass is 10.1. The van der Waals surface area contributed by atoms with Gasteiger partial charge in [-0.3, -0.25) is 10.1 Å². The minimum absolute atomic E-state index is 0.0622. The smallest absolute Gasteiger partial charge is 0.269 e. The molecule has 9 nitrogen and oxygen atoms in total. The second kappa shape index (κ2) is 11.8. The Balaban J connectivity index is 2.19. The van der Waals surface area contributed by atoms with Crippen molar-refractivity contribution in [2.45, 2.75) is 20.0 Å². The molecular formula is C22H30N4O5. The van der Waals surface area contributed by atoms with Gasteiger partial charge < -0.3 is 24.4 Å². The Morgan fingerprint density at radius 2 is 1.77 bits per heavy atom. The first-order valence-electron chi connectivity index (χ1n) is 9.82. The molecule has 0 amide bonds. The van der Waals surface area contributed by atoms with Crippen molar-refractivity contribution in [3.8, 4) is 11.5 Å². The summed E-state index contributed by atoms with van der Waals surface area (Å²) in [5, 5.41) is 14.1. The summed E-state index contributed by atoms with van der Waals surface area (Å²) in [4.78, 5) is 17.1. The first kappa shape index (κ1) is 23.9. The number of aryl methyl sites for hydroxylation is 1. The van der Waals surface area contributed by atoms with Gasteiger partial charge in [-0.25, -0.2) is 4.99 Å². The van der Waals surface area contributed by atoms with Crippen LogP contribution in [-0.4, -0.2) is 57.3 Å². The zero-order valence-corrected chi connectivity index (χ0v) is 18.7. The Hall–Kier alpha value is -3.33. The van der Waals surface area contributed by atoms with Crippen molar-refractivity contribution < 1.29 is 19.1 Å². The molecule has 0 fully saturated rings. The second-order valence-corrected chi connectivity index (χ2v) is 6.97. The minimum Gasteiger partial charge on any atom is -0.493 e. The highest BCUT2D eigenvalue weighted by molar-refractivity contribution is 5.79. The van der Waals surface area contributed by atoms with Crippen LogP contribution in [0.5, 0.6) is 11.5 Å². The van der Waals surface area contributed by atoms with Gasteiger partial charge in [-0.2, -0.15) is 0 Å². The number of benzene rings is 2. The van der Waals surface area contributed by atoms with Crippen LogP contribution in [0, 0.1) is 17.0 Å². The first-order chi connectivity index (χ1) is 14.9. The summed E-state index contributed by atoms with van der Waals surface area (Å²) in [5.74, 6) is 2.06. The molecule has 2 aromatic rings. The standard InChI is InChI=1S/C22H30N4O5/c1-16-12-20(30-4)21(31-5)13-18(16)15-25(2)22(23-10-11-29-3)24-14-17-6-8-19(9-7-17)26(27)28/h6-9,12-13H,10-11,14-15H2,1-5H3,(H,23,24). The van der Waals surface area contributed by atoms with Gasteiger partial charge >= 0.3 is 0 Å². The Bertz CT molecular complexity index is 900. The van der Waals surface area contributed by atoms with E-state index >= 15 is 0 Å². The number of aliphatic imine (C=N–C) groups is 1. The van der Waals surface area contributed by atoms with E-state index < -0.39 is 4.92 Å². The van der Waals surface area contributed by atoms with E-state index in [0.717, 1.165) is 16.7 Å². The quantitative estimate of drug-likeness (QED) is 0.203. The molecule has 0 atom stereocenters. The van der Waals surface area contributed by atoms with Crippen LogP contribution >= 0.6 is 0 Å². The lowest BCUT2D eigenvalue weighted by molar-refractivity contribution is -0.384. The summed E-state index contributed by atoms with van der Waals surface area (Å²) in [5.41, 5.74) is 3.10. The Morgan fingerprint density at radius 3 is 2.35 bits per heavy atom. The summed E-state index contributed by atoms with van der Waals surface area (Å²) in [6.07, 6.45) is 0. The number of nitrogens with zero attached hydrogens (tertiary/aromatic N) is 3. The van der Waals surface area contributed by atoms with Gasteiger partial charge in [-0.15, -0.1) is 0 Å². The van der Waals surface area contributed by atoms with Crippen LogP contribution in [0.3, 0.4) is 0 Å². The SMILES string of the molecule is COCCNC(=NCc1ccc([N+](=O)[O-])cc1)N(C)Cc1cc(OC)c(OC)cc1C. The fourth-order valence-corrected chi connectivity index (χ4v) is 2.99. The van der Waals surface area contributed by atoms with Gasteiger partial charge in [0.2, 0.25) is 0 Å². The first-order valence-corrected chi connectivity index (χ1v) is 9.82. The van der Waals surface area contributed by atoms with E-state index in [0.29, 0.717) is 43.7 Å². The van der Waals surface area contributed by atoms with E-state index in [9.17, 15) is 10.1 Å². The largest absolute Gasteiger partial charge is 0.493 e. The maximum atomic E-state index is 10.8. The third-order valence-corrected chi connectivity index (χ3v) is 4.76. The zero-order valence-electron chi connectivity index (χ0n) is 18.7. The monoisotopic (exact) mass is 430 g/mol. The number of methoxy groups -OCH3 is 3. The van der Waals surface area contributed by atoms with Crippen molar-refractivity contribution >= 4 is 11.6 Å². The molecule has 0 aromatic heterocycles. The van der Waals surface area contributed by atoms with E-state index in [4.69, 9.17) is 19.2 Å². The van der Waals surface area contributed by atoms with Gasteiger partial charge in [-0.05, 0) is 35.7 Å². The molecule has 0 saturated carbocycles. The fraction of sp³-hybridized carbons (Fsp3) is 0.409. The van der Waals surface area contributed by atoms with Crippen molar-refractivity contribution in [2.75, 3.05) is 41.5 Å². The number of nitrogens with one attached hydrogen (secondary N) is 1. The van der Waals surface area contributed by atoms with Crippen LogP contribution in [0.2, 0.25) is 0 Å². The van der Waals surface area contributed by atoms with E-state index in [1.165, 1.54) is 12.1 Å². The molecule has 0 aliphatic carbocycles. The molecule has 0 radical (unpaired) electrons. The zero-order chi connectivity index (χ0) is 22.8. The normalized spacial score (nSPS) is 11.2. The molecule has 2 rings (SSSR count). The molecule has 0 unspecified atom stereocenters. The van der Waals surface area contributed by atoms with Gasteiger partial charge in [0.25, 0.3) is 5.69 Å². The average Bonchev–Trinajstić information content (AvgIpc) is 2.77. The summed E-state index contributed by atoms with van der Waals surface area (Å²) >= 11 is 0. The van der Waals surface area contributed by atoms with Crippen molar-refractivity contribution in [3.05, 3.63) is 63.2 Å². The number of ether oxygens (including phenoxy) is 3. The van der Waals surface area contributed by atoms with E-state index in [1.807, 2.05) is 31.0 Å². The van der Waals surface area contributed by atoms with Crippen LogP contribution in [0.4, 0.5) is 5.69 Å². The number of rotatable bonds is 10. The van der Waals surface area contributed by atoms with Crippen LogP contribution in [0.1, 0.15) is 16.7 Å². The summed E-state index contributed by atoms with van der Waals surface area (Å²) < 4.78 is 15.9. The molecule has 0 aliphatic heterocycles. The number of non-ortho nitro benzene ring substituents is 1. The molecule has 0 aliphatic rings. The molecule has 9 heteroatoms. The molecule has 0 bridgehead atoms. The van der Waals surface area contributed by atoms with E-state index in [2.05, 4.69) is 5.32 Å². The van der Waals surface area contributed by atoms with Crippen molar-refractivity contribution in [1.29, 1.82) is 0 Å². The number of hydrogen-bond donors (Lipinski definition) is 1. The van der Waals surface area contributed by atoms with Gasteiger partial charge in [-0.1, -0.05) is 12.1 Å².